The van der Waals surface area contributed by atoms with Crippen molar-refractivity contribution in [3.8, 4) is 0 Å². The second-order valence-electron chi connectivity index (χ2n) is 4.67. The van der Waals surface area contributed by atoms with Crippen LogP contribution in [-0.2, 0) is 9.53 Å². The van der Waals surface area contributed by atoms with Crippen molar-refractivity contribution < 1.29 is 14.1 Å². The number of rotatable bonds is 4. The third kappa shape index (κ3) is 2.56. The molecule has 1 atom stereocenters. The molecule has 0 N–H and O–H groups in total. The van der Waals surface area contributed by atoms with E-state index in [2.05, 4.69) is 10.1 Å². The molecule has 0 bridgehead atoms. The number of likely N-dealkylation sites (tertiary alicyclic amines) is 1. The highest BCUT2D eigenvalue weighted by atomic mass is 16.5. The molecule has 1 saturated heterocycles. The van der Waals surface area contributed by atoms with Gasteiger partial charge in [-0.3, -0.25) is 9.69 Å². The number of ether oxygens (including phenoxy) is 1. The molecule has 0 saturated carbocycles. The summed E-state index contributed by atoms with van der Waals surface area (Å²) >= 11 is 0. The fraction of sp³-hybridized carbons (Fsp3) is 0.692. The molecule has 0 amide bonds. The molecular weight excluding hydrogens is 232 g/mol. The quantitative estimate of drug-likeness (QED) is 0.767. The van der Waals surface area contributed by atoms with Gasteiger partial charge in [0.15, 0.2) is 0 Å². The van der Waals surface area contributed by atoms with Crippen molar-refractivity contribution in [3.63, 3.8) is 0 Å². The average molecular weight is 252 g/mol. The summed E-state index contributed by atoms with van der Waals surface area (Å²) in [6, 6.07) is 0.237. The van der Waals surface area contributed by atoms with Gasteiger partial charge in [0, 0.05) is 11.6 Å². The van der Waals surface area contributed by atoms with Crippen LogP contribution in [0.4, 0.5) is 0 Å². The zero-order chi connectivity index (χ0) is 13.1. The van der Waals surface area contributed by atoms with Gasteiger partial charge in [-0.2, -0.15) is 0 Å². The molecule has 5 nitrogen and oxygen atoms in total. The van der Waals surface area contributed by atoms with E-state index in [4.69, 9.17) is 9.26 Å². The zero-order valence-electron chi connectivity index (χ0n) is 11.2. The lowest BCUT2D eigenvalue weighted by molar-refractivity contribution is -0.144. The Balaban J connectivity index is 2.10. The summed E-state index contributed by atoms with van der Waals surface area (Å²) < 4.78 is 10.2. The average Bonchev–Trinajstić information content (AvgIpc) is 2.87. The fourth-order valence-corrected chi connectivity index (χ4v) is 2.68. The molecule has 1 fully saturated rings. The van der Waals surface area contributed by atoms with E-state index < -0.39 is 0 Å². The van der Waals surface area contributed by atoms with Crippen LogP contribution in [0.5, 0.6) is 0 Å². The number of carbonyl (C=O) groups excluding carboxylic acids is 1. The van der Waals surface area contributed by atoms with Crippen molar-refractivity contribution in [2.24, 2.45) is 0 Å². The van der Waals surface area contributed by atoms with Crippen LogP contribution in [0.25, 0.3) is 0 Å². The number of hydrogen-bond donors (Lipinski definition) is 0. The van der Waals surface area contributed by atoms with Crippen LogP contribution in [0.2, 0.25) is 0 Å². The number of aryl methyl sites for hydroxylation is 2. The topological polar surface area (TPSA) is 55.6 Å². The van der Waals surface area contributed by atoms with Gasteiger partial charge in [0.2, 0.25) is 0 Å². The number of aromatic nitrogens is 1. The first kappa shape index (κ1) is 13.1. The van der Waals surface area contributed by atoms with Gasteiger partial charge in [0.05, 0.1) is 18.8 Å². The Morgan fingerprint density at radius 1 is 1.56 bits per heavy atom. The predicted molar refractivity (Wildman–Crippen MR) is 66.2 cm³/mol. The van der Waals surface area contributed by atoms with Gasteiger partial charge < -0.3 is 9.26 Å². The SMILES string of the molecule is CCOC(=O)CN1CCC[C@@H]1c1c(C)noc1C. The van der Waals surface area contributed by atoms with Gasteiger partial charge in [-0.15, -0.1) is 0 Å². The molecular formula is C13H20N2O3. The maximum atomic E-state index is 11.6. The Morgan fingerprint density at radius 3 is 2.94 bits per heavy atom. The molecule has 0 unspecified atom stereocenters. The number of nitrogens with zero attached hydrogens (tertiary/aromatic N) is 2. The minimum atomic E-state index is -0.156. The third-order valence-electron chi connectivity index (χ3n) is 3.42. The lowest BCUT2D eigenvalue weighted by Gasteiger charge is -2.23. The minimum absolute atomic E-state index is 0.156. The summed E-state index contributed by atoms with van der Waals surface area (Å²) in [6.45, 7) is 7.41. The van der Waals surface area contributed by atoms with Gasteiger partial charge in [0.1, 0.15) is 5.76 Å². The van der Waals surface area contributed by atoms with Crippen LogP contribution < -0.4 is 0 Å². The summed E-state index contributed by atoms with van der Waals surface area (Å²) in [4.78, 5) is 13.7. The van der Waals surface area contributed by atoms with Gasteiger partial charge >= 0.3 is 5.97 Å². The highest BCUT2D eigenvalue weighted by Gasteiger charge is 2.31. The van der Waals surface area contributed by atoms with Crippen LogP contribution in [0.3, 0.4) is 0 Å². The Kier molecular flexibility index (Phi) is 4.01. The van der Waals surface area contributed by atoms with E-state index in [-0.39, 0.29) is 12.0 Å². The third-order valence-corrected chi connectivity index (χ3v) is 3.42. The summed E-state index contributed by atoms with van der Waals surface area (Å²) in [6.07, 6.45) is 2.14. The Morgan fingerprint density at radius 2 is 2.33 bits per heavy atom. The Hall–Kier alpha value is -1.36. The fourth-order valence-electron chi connectivity index (χ4n) is 2.68. The Bertz CT molecular complexity index is 408. The standard InChI is InChI=1S/C13H20N2O3/c1-4-17-12(16)8-15-7-5-6-11(15)13-9(2)14-18-10(13)3/h11H,4-8H2,1-3H3/t11-/m1/s1. The number of carbonyl (C=O) groups is 1. The molecule has 1 aliphatic heterocycles. The molecule has 0 spiro atoms. The molecule has 2 heterocycles. The summed E-state index contributed by atoms with van der Waals surface area (Å²) in [7, 11) is 0. The van der Waals surface area contributed by atoms with Gasteiger partial charge in [-0.25, -0.2) is 0 Å². The lowest BCUT2D eigenvalue weighted by Crippen LogP contribution is -2.31. The van der Waals surface area contributed by atoms with Gasteiger partial charge in [-0.1, -0.05) is 5.16 Å². The largest absolute Gasteiger partial charge is 0.465 e. The van der Waals surface area contributed by atoms with Crippen molar-refractivity contribution in [3.05, 3.63) is 17.0 Å². The minimum Gasteiger partial charge on any atom is -0.465 e. The van der Waals surface area contributed by atoms with E-state index in [9.17, 15) is 4.79 Å². The first-order chi connectivity index (χ1) is 8.63. The van der Waals surface area contributed by atoms with Crippen molar-refractivity contribution in [1.29, 1.82) is 0 Å². The van der Waals surface area contributed by atoms with E-state index in [0.29, 0.717) is 13.2 Å². The molecule has 2 rings (SSSR count). The van der Waals surface area contributed by atoms with Crippen LogP contribution in [-0.4, -0.2) is 35.7 Å². The Labute approximate surface area is 107 Å². The first-order valence-electron chi connectivity index (χ1n) is 6.46. The van der Waals surface area contributed by atoms with E-state index in [0.717, 1.165) is 36.4 Å². The predicted octanol–water partition coefficient (Wildman–Crippen LogP) is 1.99. The molecule has 0 aliphatic carbocycles. The van der Waals surface area contributed by atoms with E-state index in [1.165, 1.54) is 0 Å². The van der Waals surface area contributed by atoms with Gasteiger partial charge in [0.25, 0.3) is 0 Å². The molecule has 1 aromatic heterocycles. The van der Waals surface area contributed by atoms with E-state index in [1.54, 1.807) is 0 Å². The van der Waals surface area contributed by atoms with Crippen molar-refractivity contribution in [2.75, 3.05) is 19.7 Å². The molecule has 1 aromatic rings. The smallest absolute Gasteiger partial charge is 0.320 e. The molecule has 1 aliphatic rings. The first-order valence-corrected chi connectivity index (χ1v) is 6.46. The summed E-state index contributed by atoms with van der Waals surface area (Å²) in [5.74, 6) is 0.699. The molecule has 0 radical (unpaired) electrons. The van der Waals surface area contributed by atoms with Crippen LogP contribution in [0.15, 0.2) is 4.52 Å². The molecule has 5 heteroatoms. The highest BCUT2D eigenvalue weighted by Crippen LogP contribution is 2.35. The van der Waals surface area contributed by atoms with Crippen molar-refractivity contribution in [1.82, 2.24) is 10.1 Å². The highest BCUT2D eigenvalue weighted by molar-refractivity contribution is 5.71. The van der Waals surface area contributed by atoms with E-state index >= 15 is 0 Å². The van der Waals surface area contributed by atoms with E-state index in [1.807, 2.05) is 20.8 Å². The zero-order valence-corrected chi connectivity index (χ0v) is 11.2. The van der Waals surface area contributed by atoms with Crippen LogP contribution in [0.1, 0.15) is 42.8 Å². The monoisotopic (exact) mass is 252 g/mol. The molecule has 18 heavy (non-hydrogen) atoms. The number of esters is 1. The maximum absolute atomic E-state index is 11.6. The van der Waals surface area contributed by atoms with Gasteiger partial charge in [-0.05, 0) is 40.2 Å². The second kappa shape index (κ2) is 5.52. The summed E-state index contributed by atoms with van der Waals surface area (Å²) in [5, 5.41) is 3.99. The van der Waals surface area contributed by atoms with Crippen molar-refractivity contribution in [2.45, 2.75) is 39.7 Å². The molecule has 0 aromatic carbocycles. The normalized spacial score (nSPS) is 20.3. The van der Waals surface area contributed by atoms with Crippen LogP contribution >= 0.6 is 0 Å². The molecule has 100 valence electrons. The van der Waals surface area contributed by atoms with Crippen molar-refractivity contribution >= 4 is 5.97 Å². The second-order valence-corrected chi connectivity index (χ2v) is 4.67. The lowest BCUT2D eigenvalue weighted by atomic mass is 10.0. The maximum Gasteiger partial charge on any atom is 0.320 e. The summed E-state index contributed by atoms with van der Waals surface area (Å²) in [5.41, 5.74) is 2.06. The van der Waals surface area contributed by atoms with Crippen LogP contribution in [0, 0.1) is 13.8 Å². The number of hydrogen-bond acceptors (Lipinski definition) is 5.